The van der Waals surface area contributed by atoms with Crippen molar-refractivity contribution >= 4 is 11.8 Å². The Morgan fingerprint density at radius 1 is 1.16 bits per heavy atom. The number of hydrogen-bond acceptors (Lipinski definition) is 6. The van der Waals surface area contributed by atoms with Crippen LogP contribution in [0.3, 0.4) is 0 Å². The molecule has 1 aliphatic rings. The average molecular weight is 510 g/mol. The lowest BCUT2D eigenvalue weighted by Crippen LogP contribution is -2.50. The third-order valence-corrected chi connectivity index (χ3v) is 6.66. The van der Waals surface area contributed by atoms with Gasteiger partial charge in [0.25, 0.3) is 0 Å². The molecular formula is C27H32FN5O4. The summed E-state index contributed by atoms with van der Waals surface area (Å²) in [5.74, 6) is -1.27. The van der Waals surface area contributed by atoms with E-state index in [0.717, 1.165) is 0 Å². The Morgan fingerprint density at radius 3 is 2.46 bits per heavy atom. The molecule has 0 saturated carbocycles. The van der Waals surface area contributed by atoms with Crippen molar-refractivity contribution in [2.75, 3.05) is 13.2 Å². The molecule has 3 N–H and O–H groups in total. The predicted octanol–water partition coefficient (Wildman–Crippen LogP) is 2.40. The molecule has 2 aromatic carbocycles. The molecule has 0 spiro atoms. The molecule has 1 fully saturated rings. The molecule has 0 unspecified atom stereocenters. The fraction of sp³-hybridized carbons (Fsp3) is 0.407. The number of aliphatic hydroxyl groups is 2. The lowest BCUT2D eigenvalue weighted by molar-refractivity contribution is -0.142. The van der Waals surface area contributed by atoms with Gasteiger partial charge in [0.15, 0.2) is 0 Å². The number of benzene rings is 2. The van der Waals surface area contributed by atoms with Crippen molar-refractivity contribution in [3.63, 3.8) is 0 Å². The Hall–Kier alpha value is -3.63. The normalized spacial score (nSPS) is 19.2. The van der Waals surface area contributed by atoms with Crippen LogP contribution in [0.5, 0.6) is 0 Å². The van der Waals surface area contributed by atoms with Crippen molar-refractivity contribution in [3.8, 4) is 11.1 Å². The van der Waals surface area contributed by atoms with Crippen LogP contribution in [0.2, 0.25) is 0 Å². The Morgan fingerprint density at radius 2 is 1.86 bits per heavy atom. The minimum absolute atomic E-state index is 0.0228. The number of aliphatic hydroxyl groups excluding tert-OH is 2. The smallest absolute Gasteiger partial charge is 0.248 e. The molecule has 2 heterocycles. The SMILES string of the molecule is Cc1cn([C@H](C(=O)N2C[C@H](O)C[C@H]2C(=O)N[C@@H](CO)c2ccc(-c3ccccc3F)cc2)C(C)C)nn1. The van der Waals surface area contributed by atoms with E-state index in [1.165, 1.54) is 15.6 Å². The first-order chi connectivity index (χ1) is 17.7. The zero-order valence-electron chi connectivity index (χ0n) is 21.1. The van der Waals surface area contributed by atoms with Gasteiger partial charge in [-0.2, -0.15) is 0 Å². The quantitative estimate of drug-likeness (QED) is 0.429. The second kappa shape index (κ2) is 11.2. The number of aromatic nitrogens is 3. The highest BCUT2D eigenvalue weighted by Crippen LogP contribution is 2.28. The van der Waals surface area contributed by atoms with E-state index in [1.54, 1.807) is 55.6 Å². The first-order valence-corrected chi connectivity index (χ1v) is 12.3. The molecule has 2 amide bonds. The number of hydrogen-bond donors (Lipinski definition) is 3. The third kappa shape index (κ3) is 5.70. The molecule has 1 aromatic heterocycles. The van der Waals surface area contributed by atoms with Crippen molar-refractivity contribution in [2.24, 2.45) is 5.92 Å². The first kappa shape index (κ1) is 26.4. The fourth-order valence-electron chi connectivity index (χ4n) is 4.77. The number of rotatable bonds is 8. The van der Waals surface area contributed by atoms with Gasteiger partial charge in [0, 0.05) is 24.7 Å². The summed E-state index contributed by atoms with van der Waals surface area (Å²) in [7, 11) is 0. The van der Waals surface area contributed by atoms with Crippen molar-refractivity contribution in [3.05, 3.63) is 71.8 Å². The molecular weight excluding hydrogens is 477 g/mol. The summed E-state index contributed by atoms with van der Waals surface area (Å²) >= 11 is 0. The Kier molecular flexibility index (Phi) is 7.99. The van der Waals surface area contributed by atoms with Gasteiger partial charge in [0.05, 0.1) is 24.4 Å². The molecule has 3 aromatic rings. The van der Waals surface area contributed by atoms with Gasteiger partial charge in [-0.3, -0.25) is 9.59 Å². The molecule has 0 aliphatic carbocycles. The van der Waals surface area contributed by atoms with E-state index < -0.39 is 30.1 Å². The van der Waals surface area contributed by atoms with Crippen LogP contribution in [0, 0.1) is 18.7 Å². The number of β-amino-alcohol motifs (C(OH)–C–C–N with tert-alkyl or cyclic N) is 1. The van der Waals surface area contributed by atoms with Gasteiger partial charge in [-0.15, -0.1) is 5.10 Å². The van der Waals surface area contributed by atoms with Crippen LogP contribution in [0.1, 0.15) is 43.6 Å². The number of carbonyl (C=O) groups is 2. The van der Waals surface area contributed by atoms with Crippen LogP contribution in [-0.2, 0) is 9.59 Å². The first-order valence-electron chi connectivity index (χ1n) is 12.3. The zero-order chi connectivity index (χ0) is 26.7. The number of nitrogens with zero attached hydrogens (tertiary/aromatic N) is 4. The van der Waals surface area contributed by atoms with Gasteiger partial charge in [-0.1, -0.05) is 61.5 Å². The molecule has 37 heavy (non-hydrogen) atoms. The topological polar surface area (TPSA) is 121 Å². The molecule has 0 radical (unpaired) electrons. The van der Waals surface area contributed by atoms with E-state index in [0.29, 0.717) is 22.4 Å². The van der Waals surface area contributed by atoms with E-state index in [-0.39, 0.29) is 37.2 Å². The van der Waals surface area contributed by atoms with Crippen LogP contribution in [-0.4, -0.2) is 67.2 Å². The fourth-order valence-corrected chi connectivity index (χ4v) is 4.77. The maximum atomic E-state index is 14.1. The second-order valence-corrected chi connectivity index (χ2v) is 9.77. The lowest BCUT2D eigenvalue weighted by atomic mass is 10.00. The minimum atomic E-state index is -0.903. The van der Waals surface area contributed by atoms with Crippen LogP contribution < -0.4 is 5.32 Å². The summed E-state index contributed by atoms with van der Waals surface area (Å²) in [4.78, 5) is 28.2. The number of carbonyl (C=O) groups excluding carboxylic acids is 2. The van der Waals surface area contributed by atoms with Crippen molar-refractivity contribution in [2.45, 2.75) is 51.4 Å². The van der Waals surface area contributed by atoms with Gasteiger partial charge in [-0.25, -0.2) is 9.07 Å². The van der Waals surface area contributed by atoms with E-state index in [1.807, 2.05) is 13.8 Å². The largest absolute Gasteiger partial charge is 0.394 e. The van der Waals surface area contributed by atoms with Crippen LogP contribution in [0.15, 0.2) is 54.7 Å². The molecule has 196 valence electrons. The molecule has 10 heteroatoms. The molecule has 1 saturated heterocycles. The third-order valence-electron chi connectivity index (χ3n) is 6.66. The highest BCUT2D eigenvalue weighted by atomic mass is 19.1. The van der Waals surface area contributed by atoms with Gasteiger partial charge in [0.2, 0.25) is 11.8 Å². The van der Waals surface area contributed by atoms with E-state index >= 15 is 0 Å². The minimum Gasteiger partial charge on any atom is -0.394 e. The molecule has 9 nitrogen and oxygen atoms in total. The van der Waals surface area contributed by atoms with Crippen LogP contribution in [0.25, 0.3) is 11.1 Å². The Balaban J connectivity index is 1.51. The molecule has 1 aliphatic heterocycles. The van der Waals surface area contributed by atoms with Crippen LogP contribution >= 0.6 is 0 Å². The van der Waals surface area contributed by atoms with Crippen molar-refractivity contribution in [1.82, 2.24) is 25.2 Å². The maximum Gasteiger partial charge on any atom is 0.248 e. The summed E-state index contributed by atoms with van der Waals surface area (Å²) < 4.78 is 15.6. The van der Waals surface area contributed by atoms with Gasteiger partial charge < -0.3 is 20.4 Å². The van der Waals surface area contributed by atoms with Gasteiger partial charge >= 0.3 is 0 Å². The maximum absolute atomic E-state index is 14.1. The van der Waals surface area contributed by atoms with Gasteiger partial charge in [-0.05, 0) is 30.0 Å². The van der Waals surface area contributed by atoms with E-state index in [4.69, 9.17) is 0 Å². The highest BCUT2D eigenvalue weighted by Gasteiger charge is 2.43. The van der Waals surface area contributed by atoms with Gasteiger partial charge in [0.1, 0.15) is 17.9 Å². The number of nitrogens with one attached hydrogen (secondary N) is 1. The van der Waals surface area contributed by atoms with E-state index in [9.17, 15) is 24.2 Å². The lowest BCUT2D eigenvalue weighted by Gasteiger charge is -2.30. The van der Waals surface area contributed by atoms with Crippen LogP contribution in [0.4, 0.5) is 4.39 Å². The van der Waals surface area contributed by atoms with E-state index in [2.05, 4.69) is 15.6 Å². The summed E-state index contributed by atoms with van der Waals surface area (Å²) in [6, 6.07) is 11.0. The standard InChI is InChI=1S/C27H32FN5O4/c1-16(2)25(33-13-17(3)30-31-33)27(37)32-14-20(35)12-24(32)26(36)29-23(15-34)19-10-8-18(9-11-19)21-6-4-5-7-22(21)28/h4-11,13,16,20,23-25,34-35H,12,14-15H2,1-3H3,(H,29,36)/t20-,23+,24+,25+/m1/s1. The van der Waals surface area contributed by atoms with Crippen molar-refractivity contribution < 1.29 is 24.2 Å². The predicted molar refractivity (Wildman–Crippen MR) is 135 cm³/mol. The molecule has 4 atom stereocenters. The summed E-state index contributed by atoms with van der Waals surface area (Å²) in [6.07, 6.45) is 0.915. The highest BCUT2D eigenvalue weighted by molar-refractivity contribution is 5.90. The van der Waals surface area contributed by atoms with Crippen molar-refractivity contribution in [1.29, 1.82) is 0 Å². The average Bonchev–Trinajstić information content (AvgIpc) is 3.48. The number of aryl methyl sites for hydroxylation is 1. The second-order valence-electron chi connectivity index (χ2n) is 9.77. The zero-order valence-corrected chi connectivity index (χ0v) is 21.1. The molecule has 4 rings (SSSR count). The number of likely N-dealkylation sites (tertiary alicyclic amines) is 1. The summed E-state index contributed by atoms with van der Waals surface area (Å²) in [6.45, 7) is 5.19. The Labute approximate surface area is 214 Å². The summed E-state index contributed by atoms with van der Waals surface area (Å²) in [5.41, 5.74) is 2.42. The monoisotopic (exact) mass is 509 g/mol. The number of amides is 2. The summed E-state index contributed by atoms with van der Waals surface area (Å²) in [5, 5.41) is 31.2. The molecule has 0 bridgehead atoms. The number of halogens is 1. The Bertz CT molecular complexity index is 1250.